The molecule has 0 aliphatic carbocycles. The summed E-state index contributed by atoms with van der Waals surface area (Å²) in [6.45, 7) is 14.1. The maximum atomic E-state index is 14.0. The van der Waals surface area contributed by atoms with Crippen LogP contribution in [0.4, 0.5) is 21.0 Å². The van der Waals surface area contributed by atoms with Gasteiger partial charge in [0.15, 0.2) is 12.3 Å². The minimum atomic E-state index is -1.77. The van der Waals surface area contributed by atoms with Crippen molar-refractivity contribution in [3.05, 3.63) is 70.3 Å². The Morgan fingerprint density at radius 2 is 1.63 bits per heavy atom. The first-order valence-corrected chi connectivity index (χ1v) is 30.6. The number of carbonyl (C=O) groups is 10. The number of urea groups is 1. The highest BCUT2D eigenvalue weighted by Crippen LogP contribution is 2.44. The number of nitrogens with zero attached hydrogens (tertiary/aromatic N) is 3. The molecule has 1 unspecified atom stereocenters. The number of hydrogen-bond acceptors (Lipinski definition) is 17. The van der Waals surface area contributed by atoms with Crippen LogP contribution in [0.1, 0.15) is 129 Å². The van der Waals surface area contributed by atoms with E-state index < -0.39 is 96.2 Å². The van der Waals surface area contributed by atoms with Crippen molar-refractivity contribution in [3.63, 3.8) is 0 Å². The van der Waals surface area contributed by atoms with Crippen LogP contribution in [-0.2, 0) is 58.9 Å². The van der Waals surface area contributed by atoms with Crippen LogP contribution in [-0.4, -0.2) is 177 Å². The van der Waals surface area contributed by atoms with Gasteiger partial charge in [-0.2, -0.15) is 0 Å². The summed E-state index contributed by atoms with van der Waals surface area (Å²) in [5.74, 6) is -4.89. The molecule has 3 saturated heterocycles. The lowest BCUT2D eigenvalue weighted by Crippen LogP contribution is -2.63. The third-order valence-corrected chi connectivity index (χ3v) is 16.8. The molecule has 0 aromatic heterocycles. The molecule has 2 aromatic carbocycles. The summed E-state index contributed by atoms with van der Waals surface area (Å²) in [5, 5.41) is 24.9. The fraction of sp³-hybridized carbons (Fsp3) is 0.587. The molecule has 27 heteroatoms. The van der Waals surface area contributed by atoms with E-state index in [0.717, 1.165) is 10.5 Å². The topological polar surface area (TPSA) is 345 Å². The number of carbonyl (C=O) groups excluding carboxylic acids is 10. The number of imide groups is 1. The van der Waals surface area contributed by atoms with E-state index in [2.05, 4.69) is 26.6 Å². The number of ether oxygens (including phenoxy) is 6. The van der Waals surface area contributed by atoms with Crippen molar-refractivity contribution < 1.29 is 81.5 Å². The van der Waals surface area contributed by atoms with E-state index in [1.807, 2.05) is 34.6 Å². The van der Waals surface area contributed by atoms with E-state index in [-0.39, 0.29) is 114 Å². The summed E-state index contributed by atoms with van der Waals surface area (Å²) >= 11 is 6.73. The van der Waals surface area contributed by atoms with Gasteiger partial charge in [-0.05, 0) is 108 Å². The zero-order valence-corrected chi connectivity index (χ0v) is 54.5. The second-order valence-corrected chi connectivity index (χ2v) is 24.3. The molecule has 3 aliphatic rings. The lowest BCUT2D eigenvalue weighted by atomic mass is 9.86. The normalized spacial score (nSPS) is 20.4. The van der Waals surface area contributed by atoms with Crippen LogP contribution in [0.15, 0.2) is 54.1 Å². The molecule has 0 spiro atoms. The largest absolute Gasteiger partial charge is 0.495 e. The van der Waals surface area contributed by atoms with Crippen molar-refractivity contribution in [2.45, 2.75) is 167 Å². The maximum Gasteiger partial charge on any atom is 0.409 e. The number of unbranched alkanes of at least 4 members (excludes halogenated alkanes) is 2. The van der Waals surface area contributed by atoms with Crippen LogP contribution >= 0.6 is 11.6 Å². The van der Waals surface area contributed by atoms with Gasteiger partial charge in [0, 0.05) is 71.0 Å². The number of halogens is 1. The maximum absolute atomic E-state index is 14.0. The van der Waals surface area contributed by atoms with E-state index in [1.54, 1.807) is 44.2 Å². The fourth-order valence-corrected chi connectivity index (χ4v) is 11.1. The molecule has 0 saturated carbocycles. The molecule has 5 rings (SSSR count). The molecule has 26 nitrogen and oxygen atoms in total. The zero-order chi connectivity index (χ0) is 66.9. The zero-order valence-electron chi connectivity index (χ0n) is 53.8. The van der Waals surface area contributed by atoms with Crippen molar-refractivity contribution >= 4 is 82.4 Å². The number of hydrogen-bond donors (Lipinski definition) is 7. The molecule has 9 atom stereocenters. The molecule has 2 aromatic rings. The SMILES string of the molecule is CCC1CC(=O)N(CCCCCC(=O)N[C@H](C(=O)N[C@@H](CCCNC(N)=O)C(=O)Nc2ccc(C(=O)N(C)[C@@H](C)C(=O)OCC(=O)N(C)c3cc(C/C(C)=C/C=C/[C@@H](OC)[C@@]4(O)C[C@@H]([C@@H](C)[C@@H]5OC5(C)C)OC(=O)N4)cc(OC)c3Cl)cc2OC)C(C)C)C1=O. The average molecular weight is 1280 g/mol. The highest BCUT2D eigenvalue weighted by Gasteiger charge is 2.56. The first-order valence-electron chi connectivity index (χ1n) is 30.2. The second-order valence-electron chi connectivity index (χ2n) is 23.9. The lowest BCUT2D eigenvalue weighted by molar-refractivity contribution is -0.151. The van der Waals surface area contributed by atoms with Crippen LogP contribution in [0.5, 0.6) is 11.5 Å². The van der Waals surface area contributed by atoms with Gasteiger partial charge in [0.1, 0.15) is 46.9 Å². The van der Waals surface area contributed by atoms with Gasteiger partial charge in [-0.25, -0.2) is 14.4 Å². The molecule has 496 valence electrons. The minimum Gasteiger partial charge on any atom is -0.495 e. The van der Waals surface area contributed by atoms with Crippen molar-refractivity contribution in [2.75, 3.05) is 65.3 Å². The summed E-state index contributed by atoms with van der Waals surface area (Å²) in [6.07, 6.45) is 5.71. The van der Waals surface area contributed by atoms with Crippen LogP contribution in [0.2, 0.25) is 5.02 Å². The molecule has 90 heavy (non-hydrogen) atoms. The predicted octanol–water partition coefficient (Wildman–Crippen LogP) is 5.44. The molecule has 10 amide bonds. The van der Waals surface area contributed by atoms with E-state index in [9.17, 15) is 53.1 Å². The van der Waals surface area contributed by atoms with Crippen molar-refractivity contribution in [3.8, 4) is 11.5 Å². The summed E-state index contributed by atoms with van der Waals surface area (Å²) in [5.41, 5.74) is 5.07. The van der Waals surface area contributed by atoms with Gasteiger partial charge in [-0.15, -0.1) is 0 Å². The van der Waals surface area contributed by atoms with E-state index in [4.69, 9.17) is 45.8 Å². The summed E-state index contributed by atoms with van der Waals surface area (Å²) < 4.78 is 33.5. The Hall–Kier alpha value is -7.81. The number of cyclic esters (lactones) is 1. The van der Waals surface area contributed by atoms with Gasteiger partial charge in [-0.1, -0.05) is 69.5 Å². The Labute approximate surface area is 530 Å². The third kappa shape index (κ3) is 19.6. The van der Waals surface area contributed by atoms with Gasteiger partial charge in [0.25, 0.3) is 11.8 Å². The highest BCUT2D eigenvalue weighted by molar-refractivity contribution is 6.35. The van der Waals surface area contributed by atoms with Crippen LogP contribution in [0.25, 0.3) is 0 Å². The van der Waals surface area contributed by atoms with Crippen LogP contribution < -0.4 is 46.7 Å². The first kappa shape index (κ1) is 72.9. The Balaban J connectivity index is 1.16. The molecule has 8 N–H and O–H groups in total. The fourth-order valence-electron chi connectivity index (χ4n) is 10.8. The first-order chi connectivity index (χ1) is 42.4. The van der Waals surface area contributed by atoms with Crippen molar-refractivity contribution in [2.24, 2.45) is 23.5 Å². The number of anilines is 2. The van der Waals surface area contributed by atoms with E-state index in [0.29, 0.717) is 37.7 Å². The number of allylic oxidation sites excluding steroid dienone is 3. The molecule has 0 radical (unpaired) electrons. The number of primary amides is 1. The number of likely N-dealkylation sites (tertiary alicyclic amines) is 1. The predicted molar refractivity (Wildman–Crippen MR) is 333 cm³/mol. The Bertz CT molecular complexity index is 3030. The van der Waals surface area contributed by atoms with Crippen LogP contribution in [0.3, 0.4) is 0 Å². The summed E-state index contributed by atoms with van der Waals surface area (Å²) in [4.78, 5) is 134. The number of epoxide rings is 1. The monoisotopic (exact) mass is 1280 g/mol. The Morgan fingerprint density at radius 1 is 0.944 bits per heavy atom. The molecule has 3 aliphatic heterocycles. The number of esters is 1. The standard InChI is InChI=1S/C63H90ClN9O17/c1-14-40-32-50(75)73(58(40)80)27-17-15-16-23-49(74)69-53(35(2)3)56(78)68-43(21-19-26-66-60(65)82)55(77)67-42-25-24-41(31-45(42)85-11)57(79)71(9)38(6)59(81)88-34-51(76)72(10)44-29-39(30-46(86-12)52(44)64)28-36(4)20-18-22-48(87-13)63(84)33-47(89-61(83)70-63)37(5)54-62(7,8)90-54/h18,20,22,24-25,29-31,35,37-38,40,43,47-48,53-54,84H,14-17,19,21,23,26-28,32-34H2,1-13H3,(H,67,77)(H,68,78)(H,69,74)(H,70,83)(H3,65,66,82)/b22-18+,36-20+/t37-,38+,40?,43+,47+,48-,53+,54+,63+/m1/s1. The van der Waals surface area contributed by atoms with Gasteiger partial charge >= 0.3 is 18.1 Å². The Kier molecular flexibility index (Phi) is 26.6. The molecular formula is C63H90ClN9O17. The van der Waals surface area contributed by atoms with E-state index in [1.165, 1.54) is 70.3 Å². The van der Waals surface area contributed by atoms with Gasteiger partial charge < -0.3 is 70.3 Å². The molecule has 3 fully saturated rings. The van der Waals surface area contributed by atoms with Crippen molar-refractivity contribution in [1.82, 2.24) is 31.1 Å². The van der Waals surface area contributed by atoms with Crippen molar-refractivity contribution in [1.29, 1.82) is 0 Å². The molecule has 0 bridgehead atoms. The smallest absolute Gasteiger partial charge is 0.409 e. The second kappa shape index (κ2) is 32.8. The minimum absolute atomic E-state index is 0.0218. The van der Waals surface area contributed by atoms with Gasteiger partial charge in [0.05, 0.1) is 37.3 Å². The number of benzene rings is 2. The number of methoxy groups -OCH3 is 3. The number of amides is 10. The number of likely N-dealkylation sites (N-methyl/N-ethyl adjacent to an activating group) is 2. The summed E-state index contributed by atoms with van der Waals surface area (Å²) in [6, 6.07) is 3.29. The van der Waals surface area contributed by atoms with Crippen LogP contribution in [0, 0.1) is 17.8 Å². The van der Waals surface area contributed by atoms with Gasteiger partial charge in [-0.3, -0.25) is 43.8 Å². The summed E-state index contributed by atoms with van der Waals surface area (Å²) in [7, 11) is 6.96. The number of aliphatic hydroxyl groups is 1. The lowest BCUT2D eigenvalue weighted by Gasteiger charge is -2.42. The van der Waals surface area contributed by atoms with Gasteiger partial charge in [0.2, 0.25) is 29.5 Å². The number of nitrogens with two attached hydrogens (primary N) is 1. The highest BCUT2D eigenvalue weighted by atomic mass is 35.5. The number of alkyl carbamates (subject to hydrolysis) is 1. The van der Waals surface area contributed by atoms with E-state index >= 15 is 0 Å². The third-order valence-electron chi connectivity index (χ3n) is 16.4. The quantitative estimate of drug-likeness (QED) is 0.0154. The Morgan fingerprint density at radius 3 is 2.24 bits per heavy atom. The molecule has 3 heterocycles. The number of rotatable bonds is 33. The molecular weight excluding hydrogens is 1190 g/mol. The number of nitrogens with one attached hydrogen (secondary N) is 5. The average Bonchev–Trinajstić information content (AvgIpc) is 1.80.